The second-order valence-electron chi connectivity index (χ2n) is 5.51. The van der Waals surface area contributed by atoms with Crippen molar-refractivity contribution < 1.29 is 23.8 Å². The molecule has 2 fully saturated rings. The van der Waals surface area contributed by atoms with E-state index in [9.17, 15) is 19.1 Å². The summed E-state index contributed by atoms with van der Waals surface area (Å²) in [6.45, 7) is 0.389. The van der Waals surface area contributed by atoms with Crippen LogP contribution in [0.25, 0.3) is 0 Å². The van der Waals surface area contributed by atoms with E-state index in [1.165, 1.54) is 40.7 Å². The Kier molecular flexibility index (Phi) is 4.82. The van der Waals surface area contributed by atoms with Crippen molar-refractivity contribution in [1.82, 2.24) is 5.32 Å². The Labute approximate surface area is 147 Å². The number of aliphatic hydroxyl groups excluding tert-OH is 1. The number of rotatable bonds is 3. The Morgan fingerprint density at radius 1 is 1.52 bits per heavy atom. The molecule has 1 aromatic rings. The van der Waals surface area contributed by atoms with Crippen LogP contribution >= 0.6 is 11.8 Å². The van der Waals surface area contributed by atoms with E-state index >= 15 is 0 Å². The fourth-order valence-corrected chi connectivity index (χ4v) is 3.50. The first-order chi connectivity index (χ1) is 11.9. The smallest absolute Gasteiger partial charge is 0.415 e. The lowest BCUT2D eigenvalue weighted by atomic mass is 10.2. The fraction of sp³-hybridized carbons (Fsp3) is 0.400. The molecule has 1 aromatic carbocycles. The molecule has 0 spiro atoms. The van der Waals surface area contributed by atoms with Crippen LogP contribution < -0.4 is 15.1 Å². The molecule has 0 aliphatic carbocycles. The van der Waals surface area contributed by atoms with E-state index in [4.69, 9.17) is 10.1 Å². The van der Waals surface area contributed by atoms with Crippen LogP contribution in [0.2, 0.25) is 0 Å². The van der Waals surface area contributed by atoms with Crippen LogP contribution in [0.5, 0.6) is 0 Å². The number of cyclic esters (lactones) is 1. The lowest BCUT2D eigenvalue weighted by Gasteiger charge is -2.34. The summed E-state index contributed by atoms with van der Waals surface area (Å²) in [6, 6.07) is 4.11. The monoisotopic (exact) mass is 368 g/mol. The number of hydrogen-bond acceptors (Lipinski definition) is 7. The van der Waals surface area contributed by atoms with E-state index < -0.39 is 30.1 Å². The van der Waals surface area contributed by atoms with Crippen molar-refractivity contribution in [3.05, 3.63) is 24.0 Å². The first kappa shape index (κ1) is 17.5. The molecule has 25 heavy (non-hydrogen) atoms. The minimum absolute atomic E-state index is 0.00901. The molecule has 0 bridgehead atoms. The minimum atomic E-state index is -1.19. The Morgan fingerprint density at radius 2 is 2.28 bits per heavy atom. The van der Waals surface area contributed by atoms with E-state index in [1.807, 2.05) is 0 Å². The number of benzene rings is 1. The van der Waals surface area contributed by atoms with Crippen molar-refractivity contribution in [1.29, 1.82) is 5.41 Å². The number of nitrogens with zero attached hydrogens (tertiary/aromatic N) is 2. The molecule has 10 heteroatoms. The third kappa shape index (κ3) is 3.27. The van der Waals surface area contributed by atoms with Gasteiger partial charge in [-0.05, 0) is 18.2 Å². The number of amides is 2. The number of carbonyl (C=O) groups excluding carboxylic acids is 2. The van der Waals surface area contributed by atoms with E-state index in [2.05, 4.69) is 5.32 Å². The molecule has 2 atom stereocenters. The van der Waals surface area contributed by atoms with Crippen LogP contribution in [0.4, 0.5) is 20.6 Å². The van der Waals surface area contributed by atoms with E-state index in [0.717, 1.165) is 6.07 Å². The van der Waals surface area contributed by atoms with Gasteiger partial charge < -0.3 is 20.1 Å². The summed E-state index contributed by atoms with van der Waals surface area (Å²) in [7, 11) is 1.44. The van der Waals surface area contributed by atoms with Crippen LogP contribution in [0, 0.1) is 11.2 Å². The van der Waals surface area contributed by atoms with Crippen LogP contribution in [0.15, 0.2) is 18.2 Å². The molecular formula is C15H17FN4O4S. The summed E-state index contributed by atoms with van der Waals surface area (Å²) in [5.74, 6) is -0.489. The Bertz CT molecular complexity index is 731. The molecule has 2 saturated heterocycles. The fourth-order valence-electron chi connectivity index (χ4n) is 2.71. The second kappa shape index (κ2) is 6.89. The number of carbonyl (C=O) groups is 2. The molecule has 3 N–H and O–H groups in total. The van der Waals surface area contributed by atoms with Gasteiger partial charge in [-0.1, -0.05) is 0 Å². The number of aliphatic hydroxyl groups is 1. The summed E-state index contributed by atoms with van der Waals surface area (Å²) in [4.78, 5) is 26.1. The van der Waals surface area contributed by atoms with Gasteiger partial charge in [-0.25, -0.2) is 9.18 Å². The van der Waals surface area contributed by atoms with E-state index in [-0.39, 0.29) is 23.0 Å². The Hall–Kier alpha value is -2.33. The number of nitrogens with one attached hydrogen (secondary N) is 2. The van der Waals surface area contributed by atoms with Crippen LogP contribution in [0.3, 0.4) is 0 Å². The molecule has 2 aliphatic heterocycles. The van der Waals surface area contributed by atoms with Gasteiger partial charge in [0.05, 0.1) is 17.9 Å². The minimum Gasteiger partial charge on any atom is -0.434 e. The Morgan fingerprint density at radius 3 is 2.96 bits per heavy atom. The third-order valence-electron chi connectivity index (χ3n) is 4.02. The summed E-state index contributed by atoms with van der Waals surface area (Å²) >= 11 is 1.22. The first-order valence-corrected chi connectivity index (χ1v) is 8.56. The van der Waals surface area contributed by atoms with Gasteiger partial charge in [0.2, 0.25) is 0 Å². The summed E-state index contributed by atoms with van der Waals surface area (Å²) < 4.78 is 19.5. The molecular weight excluding hydrogens is 351 g/mol. The summed E-state index contributed by atoms with van der Waals surface area (Å²) in [5.41, 5.74) is 0.408. The summed E-state index contributed by atoms with van der Waals surface area (Å²) in [5, 5.41) is 20.2. The van der Waals surface area contributed by atoms with Crippen LogP contribution in [-0.2, 0) is 9.53 Å². The number of likely N-dealkylation sites (N-methyl/N-ethyl adjacent to an activating group) is 1. The van der Waals surface area contributed by atoms with Crippen molar-refractivity contribution in [2.24, 2.45) is 0 Å². The van der Waals surface area contributed by atoms with Crippen molar-refractivity contribution in [2.75, 3.05) is 35.7 Å². The Balaban J connectivity index is 1.82. The molecule has 0 saturated carbocycles. The molecule has 3 rings (SSSR count). The van der Waals surface area contributed by atoms with E-state index in [0.29, 0.717) is 12.3 Å². The third-order valence-corrected chi connectivity index (χ3v) is 4.93. The first-order valence-electron chi connectivity index (χ1n) is 7.57. The zero-order valence-corrected chi connectivity index (χ0v) is 14.2. The lowest BCUT2D eigenvalue weighted by molar-refractivity contribution is -0.127. The average molecular weight is 368 g/mol. The highest BCUT2D eigenvalue weighted by Gasteiger charge is 2.37. The number of ether oxygens (including phenoxy) is 1. The van der Waals surface area contributed by atoms with Gasteiger partial charge in [-0.15, -0.1) is 11.8 Å². The van der Waals surface area contributed by atoms with Crippen molar-refractivity contribution in [2.45, 2.75) is 12.3 Å². The van der Waals surface area contributed by atoms with Gasteiger partial charge in [0.1, 0.15) is 10.9 Å². The standard InChI is InChI=1S/C15H17FN4O4S/c1-18-13(21)11-7-20(15(23)24-11)8-2-3-10(9(16)6-8)19-4-5-25-12(17)14(19)22/h2-3,6,11,14,17,22H,4-5,7H2,1H3,(H,18,21)/t11-,14?/m1/s1. The maximum Gasteiger partial charge on any atom is 0.415 e. The zero-order valence-electron chi connectivity index (χ0n) is 13.4. The molecule has 2 heterocycles. The van der Waals surface area contributed by atoms with E-state index in [1.54, 1.807) is 0 Å². The maximum atomic E-state index is 14.5. The van der Waals surface area contributed by atoms with Gasteiger partial charge >= 0.3 is 6.09 Å². The molecule has 8 nitrogen and oxygen atoms in total. The normalized spacial score (nSPS) is 23.6. The topological polar surface area (TPSA) is 106 Å². The quantitative estimate of drug-likeness (QED) is 0.727. The van der Waals surface area contributed by atoms with Crippen molar-refractivity contribution >= 4 is 40.2 Å². The average Bonchev–Trinajstić information content (AvgIpc) is 2.99. The SMILES string of the molecule is CNC(=O)[C@H]1CN(c2ccc(N3CCSC(=N)C3O)c(F)c2)C(=O)O1. The van der Waals surface area contributed by atoms with Crippen molar-refractivity contribution in [3.63, 3.8) is 0 Å². The number of thioether (sulfide) groups is 1. The van der Waals surface area contributed by atoms with Crippen LogP contribution in [-0.4, -0.2) is 60.4 Å². The predicted molar refractivity (Wildman–Crippen MR) is 91.6 cm³/mol. The van der Waals surface area contributed by atoms with Crippen LogP contribution in [0.1, 0.15) is 0 Å². The molecule has 0 radical (unpaired) electrons. The van der Waals surface area contributed by atoms with Gasteiger partial charge in [-0.3, -0.25) is 15.1 Å². The van der Waals surface area contributed by atoms with Gasteiger partial charge in [0, 0.05) is 19.3 Å². The molecule has 134 valence electrons. The maximum absolute atomic E-state index is 14.5. The van der Waals surface area contributed by atoms with Gasteiger partial charge in [0.25, 0.3) is 5.91 Å². The number of anilines is 2. The molecule has 0 aromatic heterocycles. The lowest BCUT2D eigenvalue weighted by Crippen LogP contribution is -2.45. The highest BCUT2D eigenvalue weighted by Crippen LogP contribution is 2.31. The highest BCUT2D eigenvalue weighted by atomic mass is 32.2. The molecule has 1 unspecified atom stereocenters. The molecule has 2 aliphatic rings. The highest BCUT2D eigenvalue weighted by molar-refractivity contribution is 8.14. The van der Waals surface area contributed by atoms with Gasteiger partial charge in [-0.2, -0.15) is 0 Å². The summed E-state index contributed by atoms with van der Waals surface area (Å²) in [6.07, 6.45) is -2.85. The van der Waals surface area contributed by atoms with Gasteiger partial charge in [0.15, 0.2) is 12.3 Å². The zero-order chi connectivity index (χ0) is 18.1. The number of halogens is 1. The largest absolute Gasteiger partial charge is 0.434 e. The predicted octanol–water partition coefficient (Wildman–Crippen LogP) is 0.746. The van der Waals surface area contributed by atoms with Crippen molar-refractivity contribution in [3.8, 4) is 0 Å². The number of hydrogen-bond donors (Lipinski definition) is 3. The molecule has 2 amide bonds. The second-order valence-corrected chi connectivity index (χ2v) is 6.65.